The van der Waals surface area contributed by atoms with E-state index in [0.29, 0.717) is 5.69 Å². The number of nitrogens with two attached hydrogens (primary N) is 1. The summed E-state index contributed by atoms with van der Waals surface area (Å²) in [5.74, 6) is -0.249. The minimum atomic E-state index is -0.639. The average molecular weight is 291 g/mol. The molecule has 106 valence electrons. The number of methoxy groups -OCH3 is 1. The molecule has 2 aromatic rings. The number of aryl methyl sites for hydroxylation is 1. The van der Waals surface area contributed by atoms with E-state index in [-0.39, 0.29) is 12.5 Å². The fourth-order valence-corrected chi connectivity index (χ4v) is 2.41. The Hall–Kier alpha value is -1.76. The number of anilines is 1. The number of benzene rings is 1. The number of hydrogen-bond acceptors (Lipinski definition) is 5. The summed E-state index contributed by atoms with van der Waals surface area (Å²) in [5, 5.41) is 5.80. The summed E-state index contributed by atoms with van der Waals surface area (Å²) in [6.07, 6.45) is -0.639. The summed E-state index contributed by atoms with van der Waals surface area (Å²) in [6.45, 7) is 2.11. The van der Waals surface area contributed by atoms with Crippen LogP contribution in [0.2, 0.25) is 0 Å². The lowest BCUT2D eigenvalue weighted by atomic mass is 10.1. The molecule has 20 heavy (non-hydrogen) atoms. The number of carbonyl (C=O) groups is 1. The zero-order valence-electron chi connectivity index (χ0n) is 11.4. The molecule has 0 saturated heterocycles. The predicted molar refractivity (Wildman–Crippen MR) is 80.8 cm³/mol. The largest absolute Gasteiger partial charge is 0.370 e. The molecule has 6 heteroatoms. The number of amides is 1. The minimum Gasteiger partial charge on any atom is -0.370 e. The van der Waals surface area contributed by atoms with Gasteiger partial charge in [0.2, 0.25) is 0 Å². The molecule has 0 aliphatic carbocycles. The van der Waals surface area contributed by atoms with Gasteiger partial charge in [-0.1, -0.05) is 12.1 Å². The van der Waals surface area contributed by atoms with Crippen LogP contribution in [-0.4, -0.2) is 30.6 Å². The van der Waals surface area contributed by atoms with Crippen LogP contribution in [0.3, 0.4) is 0 Å². The first-order valence-corrected chi connectivity index (χ1v) is 7.08. The van der Waals surface area contributed by atoms with Gasteiger partial charge in [0.15, 0.2) is 0 Å². The van der Waals surface area contributed by atoms with Gasteiger partial charge >= 0.3 is 0 Å². The number of rotatable bonds is 5. The first-order chi connectivity index (χ1) is 9.63. The van der Waals surface area contributed by atoms with Crippen molar-refractivity contribution in [1.29, 1.82) is 0 Å². The number of thiazole rings is 1. The normalized spacial score (nSPS) is 12.2. The fraction of sp³-hybridized carbons (Fsp3) is 0.286. The van der Waals surface area contributed by atoms with Crippen LogP contribution in [0.1, 0.15) is 5.01 Å². The van der Waals surface area contributed by atoms with E-state index in [9.17, 15) is 4.79 Å². The number of hydrogen-bond donors (Lipinski definition) is 2. The van der Waals surface area contributed by atoms with Gasteiger partial charge in [0, 0.05) is 30.3 Å². The van der Waals surface area contributed by atoms with Crippen LogP contribution in [0.25, 0.3) is 11.3 Å². The van der Waals surface area contributed by atoms with Crippen LogP contribution in [0.4, 0.5) is 5.69 Å². The number of carbonyl (C=O) groups excluding carboxylic acids is 1. The summed E-state index contributed by atoms with van der Waals surface area (Å²) in [5.41, 5.74) is 8.04. The Kier molecular flexibility index (Phi) is 4.84. The van der Waals surface area contributed by atoms with Gasteiger partial charge in [-0.2, -0.15) is 0 Å². The second kappa shape index (κ2) is 6.60. The summed E-state index contributed by atoms with van der Waals surface area (Å²) < 4.78 is 5.00. The SMILES string of the molecule is COC(CN)C(=O)Nc1cccc(-c2csc(C)n2)c1. The van der Waals surface area contributed by atoms with E-state index in [0.717, 1.165) is 16.3 Å². The molecule has 1 unspecified atom stereocenters. The summed E-state index contributed by atoms with van der Waals surface area (Å²) in [7, 11) is 1.46. The van der Waals surface area contributed by atoms with E-state index in [1.165, 1.54) is 7.11 Å². The maximum atomic E-state index is 11.9. The van der Waals surface area contributed by atoms with E-state index < -0.39 is 6.10 Å². The van der Waals surface area contributed by atoms with Gasteiger partial charge in [-0.05, 0) is 19.1 Å². The lowest BCUT2D eigenvalue weighted by molar-refractivity contribution is -0.125. The maximum absolute atomic E-state index is 11.9. The molecule has 5 nitrogen and oxygen atoms in total. The molecule has 0 saturated carbocycles. The second-order valence-corrected chi connectivity index (χ2v) is 5.34. The molecular formula is C14H17N3O2S. The molecule has 1 atom stereocenters. The van der Waals surface area contributed by atoms with Crippen LogP contribution in [0.5, 0.6) is 0 Å². The molecule has 1 aromatic heterocycles. The van der Waals surface area contributed by atoms with Crippen LogP contribution in [-0.2, 0) is 9.53 Å². The van der Waals surface area contributed by atoms with E-state index in [4.69, 9.17) is 10.5 Å². The molecule has 2 rings (SSSR count). The zero-order valence-corrected chi connectivity index (χ0v) is 12.2. The van der Waals surface area contributed by atoms with Gasteiger partial charge in [0.05, 0.1) is 10.7 Å². The van der Waals surface area contributed by atoms with Crippen molar-refractivity contribution in [1.82, 2.24) is 4.98 Å². The van der Waals surface area contributed by atoms with Crippen LogP contribution in [0.15, 0.2) is 29.6 Å². The topological polar surface area (TPSA) is 77.2 Å². The standard InChI is InChI=1S/C14H17N3O2S/c1-9-16-12(8-20-9)10-4-3-5-11(6-10)17-14(18)13(7-15)19-2/h3-6,8,13H,7,15H2,1-2H3,(H,17,18). The number of nitrogens with one attached hydrogen (secondary N) is 1. The van der Waals surface area contributed by atoms with Crippen molar-refractivity contribution in [3.63, 3.8) is 0 Å². The Balaban J connectivity index is 2.16. The van der Waals surface area contributed by atoms with Crippen LogP contribution >= 0.6 is 11.3 Å². The van der Waals surface area contributed by atoms with Crippen molar-refractivity contribution in [3.05, 3.63) is 34.7 Å². The van der Waals surface area contributed by atoms with Crippen molar-refractivity contribution in [3.8, 4) is 11.3 Å². The third-order valence-corrected chi connectivity index (χ3v) is 3.61. The monoisotopic (exact) mass is 291 g/mol. The van der Waals surface area contributed by atoms with Crippen LogP contribution < -0.4 is 11.1 Å². The minimum absolute atomic E-state index is 0.146. The van der Waals surface area contributed by atoms with Gasteiger partial charge in [-0.3, -0.25) is 4.79 Å². The predicted octanol–water partition coefficient (Wildman–Crippen LogP) is 2.03. The van der Waals surface area contributed by atoms with Crippen molar-refractivity contribution in [2.24, 2.45) is 5.73 Å². The van der Waals surface area contributed by atoms with Crippen molar-refractivity contribution in [2.75, 3.05) is 19.0 Å². The third kappa shape index (κ3) is 3.41. The third-order valence-electron chi connectivity index (χ3n) is 2.84. The smallest absolute Gasteiger partial charge is 0.254 e. The first kappa shape index (κ1) is 14.6. The molecule has 0 aliphatic heterocycles. The highest BCUT2D eigenvalue weighted by atomic mass is 32.1. The highest BCUT2D eigenvalue weighted by Gasteiger charge is 2.15. The lowest BCUT2D eigenvalue weighted by Gasteiger charge is -2.13. The highest BCUT2D eigenvalue weighted by Crippen LogP contribution is 2.24. The molecule has 1 aromatic carbocycles. The zero-order chi connectivity index (χ0) is 14.5. The lowest BCUT2D eigenvalue weighted by Crippen LogP contribution is -2.35. The Labute approximate surface area is 121 Å². The fourth-order valence-electron chi connectivity index (χ4n) is 1.79. The Morgan fingerprint density at radius 2 is 2.35 bits per heavy atom. The molecule has 0 radical (unpaired) electrons. The van der Waals surface area contributed by atoms with Gasteiger partial charge < -0.3 is 15.8 Å². The summed E-state index contributed by atoms with van der Waals surface area (Å²) in [4.78, 5) is 16.3. The van der Waals surface area contributed by atoms with E-state index >= 15 is 0 Å². The molecule has 3 N–H and O–H groups in total. The second-order valence-electron chi connectivity index (χ2n) is 4.28. The summed E-state index contributed by atoms with van der Waals surface area (Å²) >= 11 is 1.60. The van der Waals surface area contributed by atoms with Crippen molar-refractivity contribution in [2.45, 2.75) is 13.0 Å². The number of aromatic nitrogens is 1. The quantitative estimate of drug-likeness (QED) is 0.883. The molecule has 0 bridgehead atoms. The molecule has 0 fully saturated rings. The highest BCUT2D eigenvalue weighted by molar-refractivity contribution is 7.09. The molecule has 1 heterocycles. The number of ether oxygens (including phenoxy) is 1. The van der Waals surface area contributed by atoms with Gasteiger partial charge in [-0.15, -0.1) is 11.3 Å². The maximum Gasteiger partial charge on any atom is 0.254 e. The molecule has 0 aliphatic rings. The van der Waals surface area contributed by atoms with E-state index in [2.05, 4.69) is 10.3 Å². The number of nitrogens with zero attached hydrogens (tertiary/aromatic N) is 1. The Bertz CT molecular complexity index is 594. The van der Waals surface area contributed by atoms with Gasteiger partial charge in [-0.25, -0.2) is 4.98 Å². The molecular weight excluding hydrogens is 274 g/mol. The van der Waals surface area contributed by atoms with Gasteiger partial charge in [0.25, 0.3) is 5.91 Å². The van der Waals surface area contributed by atoms with Crippen LogP contribution in [0, 0.1) is 6.92 Å². The van der Waals surface area contributed by atoms with E-state index in [1.807, 2.05) is 36.6 Å². The summed E-state index contributed by atoms with van der Waals surface area (Å²) in [6, 6.07) is 7.55. The first-order valence-electron chi connectivity index (χ1n) is 6.20. The molecule has 0 spiro atoms. The Morgan fingerprint density at radius 3 is 2.95 bits per heavy atom. The average Bonchev–Trinajstić information content (AvgIpc) is 2.87. The van der Waals surface area contributed by atoms with E-state index in [1.54, 1.807) is 11.3 Å². The Morgan fingerprint density at radius 1 is 1.55 bits per heavy atom. The van der Waals surface area contributed by atoms with Crippen molar-refractivity contribution >= 4 is 22.9 Å². The molecule has 1 amide bonds. The van der Waals surface area contributed by atoms with Gasteiger partial charge in [0.1, 0.15) is 6.10 Å². The van der Waals surface area contributed by atoms with Crippen molar-refractivity contribution < 1.29 is 9.53 Å².